The number of benzene rings is 1. The summed E-state index contributed by atoms with van der Waals surface area (Å²) in [5.41, 5.74) is 2.68. The quantitative estimate of drug-likeness (QED) is 0.699. The molecule has 0 saturated carbocycles. The number of unbranched alkanes of at least 4 members (excludes halogenated alkanes) is 2. The summed E-state index contributed by atoms with van der Waals surface area (Å²) >= 11 is 0. The molecular weight excluding hydrogens is 246 g/mol. The molecule has 2 nitrogen and oxygen atoms in total. The molecule has 0 amide bonds. The average molecular weight is 277 g/mol. The molecule has 0 heterocycles. The molecule has 2 heteroatoms. The number of hydrogen-bond donors (Lipinski definition) is 1. The molecule has 1 aromatic carbocycles. The van der Waals surface area contributed by atoms with E-state index in [1.54, 1.807) is 0 Å². The van der Waals surface area contributed by atoms with Crippen molar-refractivity contribution in [2.75, 3.05) is 13.2 Å². The number of hydrogen-bond acceptors (Lipinski definition) is 2. The molecule has 0 fully saturated rings. The summed E-state index contributed by atoms with van der Waals surface area (Å²) in [4.78, 5) is 0. The smallest absolute Gasteiger partial charge is 0.0949 e. The number of ether oxygens (including phenoxy) is 1. The van der Waals surface area contributed by atoms with Crippen molar-refractivity contribution in [1.29, 1.82) is 0 Å². The van der Waals surface area contributed by atoms with Crippen molar-refractivity contribution in [3.05, 3.63) is 35.4 Å². The first-order valence-corrected chi connectivity index (χ1v) is 7.85. The van der Waals surface area contributed by atoms with E-state index in [9.17, 15) is 0 Å². The van der Waals surface area contributed by atoms with Crippen LogP contribution in [0.25, 0.3) is 0 Å². The number of aryl methyl sites for hydroxylation is 1. The van der Waals surface area contributed by atoms with Gasteiger partial charge in [0.1, 0.15) is 0 Å². The van der Waals surface area contributed by atoms with Gasteiger partial charge in [0.25, 0.3) is 0 Å². The van der Waals surface area contributed by atoms with Gasteiger partial charge in [-0.2, -0.15) is 0 Å². The van der Waals surface area contributed by atoms with Crippen LogP contribution in [0.1, 0.15) is 64.2 Å². The van der Waals surface area contributed by atoms with Crippen molar-refractivity contribution in [2.24, 2.45) is 0 Å². The first-order valence-electron chi connectivity index (χ1n) is 7.85. The lowest BCUT2D eigenvalue weighted by molar-refractivity contribution is 0.0458. The van der Waals surface area contributed by atoms with Crippen molar-refractivity contribution in [1.82, 2.24) is 5.32 Å². The number of nitrogens with one attached hydrogen (secondary N) is 1. The van der Waals surface area contributed by atoms with Gasteiger partial charge in [0, 0.05) is 18.7 Å². The Morgan fingerprint density at radius 1 is 1.10 bits per heavy atom. The molecule has 1 N–H and O–H groups in total. The van der Waals surface area contributed by atoms with Crippen molar-refractivity contribution >= 4 is 0 Å². The summed E-state index contributed by atoms with van der Waals surface area (Å²) in [7, 11) is 0. The maximum absolute atomic E-state index is 6.10. The van der Waals surface area contributed by atoms with Crippen LogP contribution >= 0.6 is 0 Å². The Morgan fingerprint density at radius 2 is 1.75 bits per heavy atom. The topological polar surface area (TPSA) is 21.3 Å². The largest absolute Gasteiger partial charge is 0.372 e. The van der Waals surface area contributed by atoms with Gasteiger partial charge in [-0.3, -0.25) is 0 Å². The van der Waals surface area contributed by atoms with Gasteiger partial charge in [-0.1, -0.05) is 49.6 Å². The van der Waals surface area contributed by atoms with E-state index in [4.69, 9.17) is 4.74 Å². The SMILES string of the molecule is CCCCCOC(CNC(C)(C)C)c1ccc(C)cc1. The molecule has 0 aromatic heterocycles. The predicted molar refractivity (Wildman–Crippen MR) is 87.2 cm³/mol. The summed E-state index contributed by atoms with van der Waals surface area (Å²) in [6, 6.07) is 8.69. The second-order valence-corrected chi connectivity index (χ2v) is 6.61. The Balaban J connectivity index is 2.60. The van der Waals surface area contributed by atoms with E-state index in [-0.39, 0.29) is 11.6 Å². The van der Waals surface area contributed by atoms with Crippen molar-refractivity contribution < 1.29 is 4.74 Å². The first-order chi connectivity index (χ1) is 9.42. The zero-order valence-electron chi connectivity index (χ0n) is 13.8. The molecule has 1 aromatic rings. The van der Waals surface area contributed by atoms with E-state index < -0.39 is 0 Å². The van der Waals surface area contributed by atoms with Gasteiger partial charge in [-0.05, 0) is 39.7 Å². The molecule has 1 unspecified atom stereocenters. The molecule has 0 bridgehead atoms. The molecule has 20 heavy (non-hydrogen) atoms. The fourth-order valence-corrected chi connectivity index (χ4v) is 2.03. The van der Waals surface area contributed by atoms with Crippen LogP contribution < -0.4 is 5.32 Å². The van der Waals surface area contributed by atoms with E-state index in [1.165, 1.54) is 24.0 Å². The lowest BCUT2D eigenvalue weighted by atomic mass is 10.0. The summed E-state index contributed by atoms with van der Waals surface area (Å²) < 4.78 is 6.10. The standard InChI is InChI=1S/C18H31NO/c1-6-7-8-13-20-17(14-19-18(3,4)5)16-11-9-15(2)10-12-16/h9-12,17,19H,6-8,13-14H2,1-5H3. The highest BCUT2D eigenvalue weighted by Crippen LogP contribution is 2.19. The molecule has 0 radical (unpaired) electrons. The van der Waals surface area contributed by atoms with Crippen LogP contribution in [0.5, 0.6) is 0 Å². The fourth-order valence-electron chi connectivity index (χ4n) is 2.03. The molecule has 0 spiro atoms. The maximum atomic E-state index is 6.10. The molecule has 1 rings (SSSR count). The zero-order valence-corrected chi connectivity index (χ0v) is 13.8. The van der Waals surface area contributed by atoms with E-state index >= 15 is 0 Å². The molecule has 0 saturated heterocycles. The minimum absolute atomic E-state index is 0.121. The lowest BCUT2D eigenvalue weighted by Crippen LogP contribution is -2.39. The fraction of sp³-hybridized carbons (Fsp3) is 0.667. The zero-order chi connectivity index (χ0) is 15.0. The Hall–Kier alpha value is -0.860. The highest BCUT2D eigenvalue weighted by atomic mass is 16.5. The van der Waals surface area contributed by atoms with Crippen LogP contribution in [-0.2, 0) is 4.74 Å². The molecular formula is C18H31NO. The lowest BCUT2D eigenvalue weighted by Gasteiger charge is -2.26. The summed E-state index contributed by atoms with van der Waals surface area (Å²) in [5.74, 6) is 0. The summed E-state index contributed by atoms with van der Waals surface area (Å²) in [6.07, 6.45) is 3.77. The van der Waals surface area contributed by atoms with Gasteiger partial charge < -0.3 is 10.1 Å². The summed E-state index contributed by atoms with van der Waals surface area (Å²) in [6.45, 7) is 12.6. The van der Waals surface area contributed by atoms with Gasteiger partial charge in [0.2, 0.25) is 0 Å². The van der Waals surface area contributed by atoms with Crippen LogP contribution in [0.15, 0.2) is 24.3 Å². The van der Waals surface area contributed by atoms with Gasteiger partial charge in [0.15, 0.2) is 0 Å². The first kappa shape index (κ1) is 17.2. The Kier molecular flexibility index (Phi) is 7.25. The van der Waals surface area contributed by atoms with Crippen molar-refractivity contribution in [2.45, 2.75) is 65.5 Å². The van der Waals surface area contributed by atoms with E-state index in [1.807, 2.05) is 0 Å². The Morgan fingerprint density at radius 3 is 2.30 bits per heavy atom. The molecule has 1 atom stereocenters. The normalized spacial score (nSPS) is 13.4. The van der Waals surface area contributed by atoms with Crippen molar-refractivity contribution in [3.63, 3.8) is 0 Å². The van der Waals surface area contributed by atoms with Crippen LogP contribution in [-0.4, -0.2) is 18.7 Å². The van der Waals surface area contributed by atoms with Crippen LogP contribution in [0.3, 0.4) is 0 Å². The average Bonchev–Trinajstić information content (AvgIpc) is 2.38. The minimum Gasteiger partial charge on any atom is -0.372 e. The van der Waals surface area contributed by atoms with Crippen LogP contribution in [0.4, 0.5) is 0 Å². The molecule has 0 aliphatic carbocycles. The Labute approximate surface area is 124 Å². The van der Waals surface area contributed by atoms with E-state index in [2.05, 4.69) is 64.2 Å². The highest BCUT2D eigenvalue weighted by Gasteiger charge is 2.16. The third-order valence-corrected chi connectivity index (χ3v) is 3.33. The van der Waals surface area contributed by atoms with E-state index in [0.717, 1.165) is 19.6 Å². The number of rotatable bonds is 8. The van der Waals surface area contributed by atoms with Gasteiger partial charge in [0.05, 0.1) is 6.10 Å². The van der Waals surface area contributed by atoms with Crippen LogP contribution in [0.2, 0.25) is 0 Å². The molecule has 114 valence electrons. The monoisotopic (exact) mass is 277 g/mol. The van der Waals surface area contributed by atoms with Crippen molar-refractivity contribution in [3.8, 4) is 0 Å². The van der Waals surface area contributed by atoms with Gasteiger partial charge in [-0.15, -0.1) is 0 Å². The molecule has 0 aliphatic rings. The second-order valence-electron chi connectivity index (χ2n) is 6.61. The third-order valence-electron chi connectivity index (χ3n) is 3.33. The van der Waals surface area contributed by atoms with Gasteiger partial charge in [-0.25, -0.2) is 0 Å². The Bertz CT molecular complexity index is 364. The third kappa shape index (κ3) is 7.06. The van der Waals surface area contributed by atoms with Gasteiger partial charge >= 0.3 is 0 Å². The molecule has 0 aliphatic heterocycles. The minimum atomic E-state index is 0.121. The highest BCUT2D eigenvalue weighted by molar-refractivity contribution is 5.23. The van der Waals surface area contributed by atoms with E-state index in [0.29, 0.717) is 0 Å². The maximum Gasteiger partial charge on any atom is 0.0949 e. The predicted octanol–water partition coefficient (Wildman–Crippen LogP) is 4.63. The van der Waals surface area contributed by atoms with Crippen LogP contribution in [0, 0.1) is 6.92 Å². The second kappa shape index (κ2) is 8.43. The summed E-state index contributed by atoms with van der Waals surface area (Å²) in [5, 5.41) is 3.55.